The van der Waals surface area contributed by atoms with Crippen LogP contribution in [0.15, 0.2) is 36.5 Å². The van der Waals surface area contributed by atoms with Gasteiger partial charge in [0.05, 0.1) is 0 Å². The Morgan fingerprint density at radius 2 is 0.481 bits per heavy atom. The molecule has 0 aliphatic heterocycles. The van der Waals surface area contributed by atoms with Crippen LogP contribution < -0.4 is 0 Å². The average molecular weight is 1110 g/mol. The number of rotatable bonds is 66. The number of ether oxygens (including phenoxy) is 3. The first-order valence-electron chi connectivity index (χ1n) is 35.5. The predicted octanol–water partition coefficient (Wildman–Crippen LogP) is 24.3. The topological polar surface area (TPSA) is 78.9 Å². The molecule has 0 aromatic carbocycles. The molecule has 6 heteroatoms. The van der Waals surface area contributed by atoms with E-state index in [0.29, 0.717) is 19.3 Å². The maximum atomic E-state index is 12.9. The first-order valence-corrected chi connectivity index (χ1v) is 35.5. The fourth-order valence-electron chi connectivity index (χ4n) is 10.8. The van der Waals surface area contributed by atoms with Crippen molar-refractivity contribution in [2.45, 2.75) is 399 Å². The zero-order valence-electron chi connectivity index (χ0n) is 53.4. The van der Waals surface area contributed by atoms with Crippen LogP contribution >= 0.6 is 0 Å². The van der Waals surface area contributed by atoms with Crippen molar-refractivity contribution < 1.29 is 28.6 Å². The molecule has 0 aromatic rings. The Balaban J connectivity index is 4.01. The molecule has 0 N–H and O–H groups in total. The lowest BCUT2D eigenvalue weighted by Crippen LogP contribution is -2.30. The lowest BCUT2D eigenvalue weighted by Gasteiger charge is -2.18. The summed E-state index contributed by atoms with van der Waals surface area (Å²) >= 11 is 0. The molecule has 0 aliphatic rings. The lowest BCUT2D eigenvalue weighted by atomic mass is 10.0. The number of carbonyl (C=O) groups excluding carboxylic acids is 3. The highest BCUT2D eigenvalue weighted by Crippen LogP contribution is 2.19. The molecule has 6 nitrogen and oxygen atoms in total. The van der Waals surface area contributed by atoms with E-state index in [0.717, 1.165) is 89.9 Å². The molecular weight excluding hydrogens is 973 g/mol. The quantitative estimate of drug-likeness (QED) is 0.0261. The third kappa shape index (κ3) is 66.3. The van der Waals surface area contributed by atoms with E-state index in [1.807, 2.05) is 0 Å². The number of unbranched alkanes of at least 4 members (excludes halogenated alkanes) is 49. The Hall–Kier alpha value is -2.37. The Labute approximate surface area is 493 Å². The maximum absolute atomic E-state index is 12.9. The van der Waals surface area contributed by atoms with E-state index in [1.165, 1.54) is 263 Å². The number of hydrogen-bond acceptors (Lipinski definition) is 6. The van der Waals surface area contributed by atoms with E-state index in [1.54, 1.807) is 0 Å². The molecule has 0 fully saturated rings. The average Bonchev–Trinajstić information content (AvgIpc) is 3.45. The highest BCUT2D eigenvalue weighted by molar-refractivity contribution is 5.71. The summed E-state index contributed by atoms with van der Waals surface area (Å²) in [5.41, 5.74) is 0. The van der Waals surface area contributed by atoms with Gasteiger partial charge in [-0.2, -0.15) is 0 Å². The van der Waals surface area contributed by atoms with Gasteiger partial charge in [0.2, 0.25) is 0 Å². The Morgan fingerprint density at radius 1 is 0.253 bits per heavy atom. The molecule has 1 unspecified atom stereocenters. The van der Waals surface area contributed by atoms with E-state index in [9.17, 15) is 14.4 Å². The summed E-state index contributed by atoms with van der Waals surface area (Å²) in [5, 5.41) is 0. The Morgan fingerprint density at radius 3 is 0.759 bits per heavy atom. The monoisotopic (exact) mass is 1110 g/mol. The van der Waals surface area contributed by atoms with Gasteiger partial charge in [-0.05, 0) is 70.6 Å². The Kier molecular flexibility index (Phi) is 66.1. The summed E-state index contributed by atoms with van der Waals surface area (Å²) in [6.07, 6.45) is 84.9. The smallest absolute Gasteiger partial charge is 0.306 e. The summed E-state index contributed by atoms with van der Waals surface area (Å²) in [5.74, 6) is -0.862. The molecule has 0 radical (unpaired) electrons. The number of allylic oxidation sites excluding steroid dienone is 6. The van der Waals surface area contributed by atoms with E-state index < -0.39 is 6.10 Å². The van der Waals surface area contributed by atoms with Gasteiger partial charge in [-0.3, -0.25) is 14.4 Å². The molecule has 0 aliphatic carbocycles. The van der Waals surface area contributed by atoms with Gasteiger partial charge in [-0.25, -0.2) is 0 Å². The zero-order chi connectivity index (χ0) is 57.1. The lowest BCUT2D eigenvalue weighted by molar-refractivity contribution is -0.167. The van der Waals surface area contributed by atoms with Crippen LogP contribution in [0.25, 0.3) is 0 Å². The van der Waals surface area contributed by atoms with Crippen LogP contribution in [0, 0.1) is 0 Å². The predicted molar refractivity (Wildman–Crippen MR) is 344 cm³/mol. The fourth-order valence-corrected chi connectivity index (χ4v) is 10.8. The first-order chi connectivity index (χ1) is 39.0. The zero-order valence-corrected chi connectivity index (χ0v) is 53.4. The second-order valence-corrected chi connectivity index (χ2v) is 24.1. The minimum Gasteiger partial charge on any atom is -0.462 e. The summed E-state index contributed by atoms with van der Waals surface area (Å²) in [7, 11) is 0. The van der Waals surface area contributed by atoms with Gasteiger partial charge in [-0.15, -0.1) is 0 Å². The van der Waals surface area contributed by atoms with Gasteiger partial charge in [0.15, 0.2) is 6.10 Å². The van der Waals surface area contributed by atoms with Gasteiger partial charge >= 0.3 is 17.9 Å². The standard InChI is InChI=1S/C73H136O6/c1-4-7-10-13-16-19-22-25-26-27-28-29-30-31-32-33-34-35-36-37-38-39-40-41-42-43-44-45-46-49-51-54-57-60-63-66-72(75)78-69-70(79-73(76)67-64-61-58-55-52-48-24-21-18-15-12-9-6-3)68-77-71(74)65-62-59-56-53-50-47-23-20-17-14-11-8-5-2/h12,15,21,24,27-28,70H,4-11,13-14,16-20,22-23,25-26,29-69H2,1-3H3/b15-12-,24-21-,28-27-. The Bertz CT molecular complexity index is 1320. The van der Waals surface area contributed by atoms with E-state index in [-0.39, 0.29) is 31.1 Å². The van der Waals surface area contributed by atoms with Crippen LogP contribution in [0.2, 0.25) is 0 Å². The molecule has 1 atom stereocenters. The van der Waals surface area contributed by atoms with Gasteiger partial charge in [-0.1, -0.05) is 340 Å². The normalized spacial score (nSPS) is 12.2. The van der Waals surface area contributed by atoms with Crippen molar-refractivity contribution in [1.82, 2.24) is 0 Å². The molecule has 0 spiro atoms. The summed E-state index contributed by atoms with van der Waals surface area (Å²) in [6.45, 7) is 6.62. The van der Waals surface area contributed by atoms with Crippen molar-refractivity contribution in [3.05, 3.63) is 36.5 Å². The maximum Gasteiger partial charge on any atom is 0.306 e. The minimum atomic E-state index is -0.776. The van der Waals surface area contributed by atoms with Crippen molar-refractivity contribution in [3.63, 3.8) is 0 Å². The second-order valence-electron chi connectivity index (χ2n) is 24.1. The van der Waals surface area contributed by atoms with Crippen molar-refractivity contribution in [3.8, 4) is 0 Å². The van der Waals surface area contributed by atoms with Gasteiger partial charge < -0.3 is 14.2 Å². The van der Waals surface area contributed by atoms with Crippen molar-refractivity contribution >= 4 is 17.9 Å². The molecular formula is C73H136O6. The molecule has 0 amide bonds. The fraction of sp³-hybridized carbons (Fsp3) is 0.877. The van der Waals surface area contributed by atoms with Gasteiger partial charge in [0.1, 0.15) is 13.2 Å². The van der Waals surface area contributed by atoms with E-state index >= 15 is 0 Å². The number of esters is 3. The van der Waals surface area contributed by atoms with E-state index in [2.05, 4.69) is 57.2 Å². The number of hydrogen-bond donors (Lipinski definition) is 0. The van der Waals surface area contributed by atoms with Crippen LogP contribution in [-0.4, -0.2) is 37.2 Å². The SMILES string of the molecule is CCC/C=C\C/C=C\CCCCCCCC(=O)OC(COC(=O)CCCCCCCCCCCCCCC)COC(=O)CCCCCCCCCCCCCCCCCCCCCCCCC/C=C\CCCCCCCCCC. The van der Waals surface area contributed by atoms with Crippen LogP contribution in [0.1, 0.15) is 393 Å². The van der Waals surface area contributed by atoms with Gasteiger partial charge in [0.25, 0.3) is 0 Å². The third-order valence-electron chi connectivity index (χ3n) is 16.1. The second kappa shape index (κ2) is 68.1. The molecule has 0 saturated carbocycles. The van der Waals surface area contributed by atoms with Crippen LogP contribution in [0.5, 0.6) is 0 Å². The largest absolute Gasteiger partial charge is 0.462 e. The molecule has 0 aromatic heterocycles. The third-order valence-corrected chi connectivity index (χ3v) is 16.1. The highest BCUT2D eigenvalue weighted by Gasteiger charge is 2.19. The first kappa shape index (κ1) is 76.6. The van der Waals surface area contributed by atoms with Crippen molar-refractivity contribution in [1.29, 1.82) is 0 Å². The van der Waals surface area contributed by atoms with Gasteiger partial charge in [0, 0.05) is 19.3 Å². The van der Waals surface area contributed by atoms with Crippen molar-refractivity contribution in [2.24, 2.45) is 0 Å². The van der Waals surface area contributed by atoms with Crippen LogP contribution in [0.3, 0.4) is 0 Å². The van der Waals surface area contributed by atoms with Crippen LogP contribution in [-0.2, 0) is 28.6 Å². The number of carbonyl (C=O) groups is 3. The highest BCUT2D eigenvalue weighted by atomic mass is 16.6. The van der Waals surface area contributed by atoms with Crippen LogP contribution in [0.4, 0.5) is 0 Å². The summed E-state index contributed by atoms with van der Waals surface area (Å²) in [4.78, 5) is 38.3. The molecule has 0 rings (SSSR count). The van der Waals surface area contributed by atoms with Crippen molar-refractivity contribution in [2.75, 3.05) is 13.2 Å². The molecule has 0 bridgehead atoms. The molecule has 0 saturated heterocycles. The summed E-state index contributed by atoms with van der Waals surface area (Å²) in [6, 6.07) is 0. The molecule has 464 valence electrons. The molecule has 0 heterocycles. The molecule has 79 heavy (non-hydrogen) atoms. The summed E-state index contributed by atoms with van der Waals surface area (Å²) < 4.78 is 16.9. The minimum absolute atomic E-state index is 0.0724. The van der Waals surface area contributed by atoms with E-state index in [4.69, 9.17) is 14.2 Å².